The van der Waals surface area contributed by atoms with Gasteiger partial charge in [0.15, 0.2) is 0 Å². The summed E-state index contributed by atoms with van der Waals surface area (Å²) >= 11 is 0. The topological polar surface area (TPSA) is 76.2 Å². The molecule has 0 spiro atoms. The predicted octanol–water partition coefficient (Wildman–Crippen LogP) is 3.53. The van der Waals surface area contributed by atoms with Crippen LogP contribution in [0.1, 0.15) is 31.4 Å². The Morgan fingerprint density at radius 3 is 2.53 bits per heavy atom. The second-order valence-electron chi connectivity index (χ2n) is 5.26. The van der Waals surface area contributed by atoms with E-state index in [1.54, 1.807) is 19.9 Å². The highest BCUT2D eigenvalue weighted by molar-refractivity contribution is 5.49. The highest BCUT2D eigenvalue weighted by Crippen LogP contribution is 2.28. The third kappa shape index (κ3) is 3.95. The Kier molecular flexibility index (Phi) is 4.49. The van der Waals surface area contributed by atoms with E-state index in [4.69, 9.17) is 10.00 Å². The van der Waals surface area contributed by atoms with Gasteiger partial charge in [-0.15, -0.1) is 0 Å². The van der Waals surface area contributed by atoms with E-state index in [0.717, 1.165) is 5.56 Å². The molecule has 0 aliphatic rings. The van der Waals surface area contributed by atoms with E-state index in [1.807, 2.05) is 13.8 Å². The van der Waals surface area contributed by atoms with Crippen molar-refractivity contribution in [3.8, 4) is 11.8 Å². The molecule has 102 valence electrons. The summed E-state index contributed by atoms with van der Waals surface area (Å²) in [6, 6.07) is 5.40. The maximum absolute atomic E-state index is 10.8. The van der Waals surface area contributed by atoms with Gasteiger partial charge < -0.3 is 4.74 Å². The molecule has 0 heterocycles. The van der Waals surface area contributed by atoms with Gasteiger partial charge in [-0.25, -0.2) is 0 Å². The number of nitro groups is 1. The molecule has 0 N–H and O–H groups in total. The molecule has 0 saturated carbocycles. The van der Waals surface area contributed by atoms with Crippen molar-refractivity contribution >= 4 is 5.69 Å². The van der Waals surface area contributed by atoms with Crippen molar-refractivity contribution in [2.75, 3.05) is 6.61 Å². The average Bonchev–Trinajstić information content (AvgIpc) is 2.32. The van der Waals surface area contributed by atoms with Crippen molar-refractivity contribution in [1.29, 1.82) is 5.26 Å². The van der Waals surface area contributed by atoms with Gasteiger partial charge in [-0.1, -0.05) is 0 Å². The van der Waals surface area contributed by atoms with E-state index in [0.29, 0.717) is 24.3 Å². The smallest absolute Gasteiger partial charge is 0.272 e. The molecule has 0 atom stereocenters. The van der Waals surface area contributed by atoms with Crippen LogP contribution < -0.4 is 4.74 Å². The standard InChI is InChI=1S/C14H18N2O3/c1-10-8-13(11(2)7-12(10)16(17)18)19-6-5-14(3,4)9-15/h7-8H,5-6H2,1-4H3. The lowest BCUT2D eigenvalue weighted by atomic mass is 9.92. The lowest BCUT2D eigenvalue weighted by Gasteiger charge is -2.16. The van der Waals surface area contributed by atoms with Gasteiger partial charge in [-0.2, -0.15) is 5.26 Å². The van der Waals surface area contributed by atoms with Gasteiger partial charge >= 0.3 is 0 Å². The number of hydrogen-bond donors (Lipinski definition) is 0. The van der Waals surface area contributed by atoms with Crippen molar-refractivity contribution in [3.63, 3.8) is 0 Å². The quantitative estimate of drug-likeness (QED) is 0.600. The van der Waals surface area contributed by atoms with E-state index in [2.05, 4.69) is 6.07 Å². The summed E-state index contributed by atoms with van der Waals surface area (Å²) < 4.78 is 5.62. The third-order valence-electron chi connectivity index (χ3n) is 2.98. The maximum Gasteiger partial charge on any atom is 0.272 e. The van der Waals surface area contributed by atoms with Gasteiger partial charge in [0.05, 0.1) is 23.0 Å². The second kappa shape index (κ2) is 5.70. The monoisotopic (exact) mass is 262 g/mol. The summed E-state index contributed by atoms with van der Waals surface area (Å²) in [7, 11) is 0. The van der Waals surface area contributed by atoms with Crippen LogP contribution in [0.2, 0.25) is 0 Å². The zero-order valence-corrected chi connectivity index (χ0v) is 11.7. The number of benzene rings is 1. The highest BCUT2D eigenvalue weighted by Gasteiger charge is 2.18. The van der Waals surface area contributed by atoms with E-state index in [-0.39, 0.29) is 5.69 Å². The Bertz CT molecular complexity index is 530. The van der Waals surface area contributed by atoms with Gasteiger partial charge in [-0.05, 0) is 45.7 Å². The van der Waals surface area contributed by atoms with Gasteiger partial charge in [-0.3, -0.25) is 10.1 Å². The summed E-state index contributed by atoms with van der Waals surface area (Å²) in [5.41, 5.74) is 0.975. The molecular formula is C14H18N2O3. The van der Waals surface area contributed by atoms with Crippen LogP contribution in [0.25, 0.3) is 0 Å². The summed E-state index contributed by atoms with van der Waals surface area (Å²) in [5.74, 6) is 0.636. The Hall–Kier alpha value is -2.09. The van der Waals surface area contributed by atoms with Crippen molar-refractivity contribution < 1.29 is 9.66 Å². The Balaban J connectivity index is 2.79. The second-order valence-corrected chi connectivity index (χ2v) is 5.26. The molecule has 1 aromatic carbocycles. The fraction of sp³-hybridized carbons (Fsp3) is 0.500. The summed E-state index contributed by atoms with van der Waals surface area (Å²) in [4.78, 5) is 10.4. The zero-order chi connectivity index (χ0) is 14.6. The minimum atomic E-state index is -0.427. The van der Waals surface area contributed by atoms with E-state index in [9.17, 15) is 10.1 Å². The number of nitrogens with zero attached hydrogens (tertiary/aromatic N) is 2. The Morgan fingerprint density at radius 2 is 2.00 bits per heavy atom. The zero-order valence-electron chi connectivity index (χ0n) is 11.7. The van der Waals surface area contributed by atoms with E-state index >= 15 is 0 Å². The van der Waals surface area contributed by atoms with Crippen molar-refractivity contribution in [1.82, 2.24) is 0 Å². The molecular weight excluding hydrogens is 244 g/mol. The van der Waals surface area contributed by atoms with E-state index < -0.39 is 10.3 Å². The summed E-state index contributed by atoms with van der Waals surface area (Å²) in [5, 5.41) is 19.7. The molecule has 0 radical (unpaired) electrons. The van der Waals surface area contributed by atoms with Crippen molar-refractivity contribution in [2.24, 2.45) is 5.41 Å². The number of ether oxygens (including phenoxy) is 1. The Morgan fingerprint density at radius 1 is 1.37 bits per heavy atom. The van der Waals surface area contributed by atoms with Crippen molar-refractivity contribution in [2.45, 2.75) is 34.1 Å². The minimum absolute atomic E-state index is 0.0993. The van der Waals surface area contributed by atoms with Crippen LogP contribution in [-0.2, 0) is 0 Å². The first-order valence-electron chi connectivity index (χ1n) is 6.06. The summed E-state index contributed by atoms with van der Waals surface area (Å²) in [6.45, 7) is 7.58. The molecule has 0 saturated heterocycles. The minimum Gasteiger partial charge on any atom is -0.493 e. The molecule has 0 aliphatic heterocycles. The molecule has 0 aromatic heterocycles. The van der Waals surface area contributed by atoms with Crippen molar-refractivity contribution in [3.05, 3.63) is 33.4 Å². The predicted molar refractivity (Wildman–Crippen MR) is 72.1 cm³/mol. The van der Waals surface area contributed by atoms with Gasteiger partial charge in [0, 0.05) is 11.6 Å². The first-order chi connectivity index (χ1) is 8.76. The molecule has 0 bridgehead atoms. The van der Waals surface area contributed by atoms with Crippen LogP contribution >= 0.6 is 0 Å². The van der Waals surface area contributed by atoms with Crippen LogP contribution in [0.4, 0.5) is 5.69 Å². The van der Waals surface area contributed by atoms with Gasteiger partial charge in [0.2, 0.25) is 0 Å². The average molecular weight is 262 g/mol. The van der Waals surface area contributed by atoms with Gasteiger partial charge in [0.1, 0.15) is 5.75 Å². The molecule has 1 aromatic rings. The van der Waals surface area contributed by atoms with Crippen LogP contribution in [0, 0.1) is 40.7 Å². The first kappa shape index (κ1) is 15.0. The number of rotatable bonds is 5. The SMILES string of the molecule is Cc1cc([N+](=O)[O-])c(C)cc1OCCC(C)(C)C#N. The lowest BCUT2D eigenvalue weighted by molar-refractivity contribution is -0.385. The molecule has 0 fully saturated rings. The molecule has 19 heavy (non-hydrogen) atoms. The molecule has 0 unspecified atom stereocenters. The maximum atomic E-state index is 10.8. The van der Waals surface area contributed by atoms with Crippen LogP contribution in [0.3, 0.4) is 0 Å². The number of nitro benzene ring substituents is 1. The number of hydrogen-bond acceptors (Lipinski definition) is 4. The number of aryl methyl sites for hydroxylation is 2. The number of nitriles is 1. The fourth-order valence-corrected chi connectivity index (χ4v) is 1.60. The molecule has 0 amide bonds. The first-order valence-corrected chi connectivity index (χ1v) is 6.06. The lowest BCUT2D eigenvalue weighted by Crippen LogP contribution is -2.13. The largest absolute Gasteiger partial charge is 0.493 e. The Labute approximate surface area is 113 Å². The van der Waals surface area contributed by atoms with Crippen LogP contribution in [-0.4, -0.2) is 11.5 Å². The summed E-state index contributed by atoms with van der Waals surface area (Å²) in [6.07, 6.45) is 0.610. The van der Waals surface area contributed by atoms with E-state index in [1.165, 1.54) is 6.07 Å². The van der Waals surface area contributed by atoms with Gasteiger partial charge in [0.25, 0.3) is 5.69 Å². The van der Waals surface area contributed by atoms with Crippen LogP contribution in [0.5, 0.6) is 5.75 Å². The molecule has 5 nitrogen and oxygen atoms in total. The normalized spacial score (nSPS) is 10.9. The fourth-order valence-electron chi connectivity index (χ4n) is 1.60. The highest BCUT2D eigenvalue weighted by atomic mass is 16.6. The molecule has 5 heteroatoms. The third-order valence-corrected chi connectivity index (χ3v) is 2.98. The van der Waals surface area contributed by atoms with Crippen LogP contribution in [0.15, 0.2) is 12.1 Å². The molecule has 0 aliphatic carbocycles. The molecule has 1 rings (SSSR count).